The molecule has 0 spiro atoms. The van der Waals surface area contributed by atoms with Crippen LogP contribution in [0.3, 0.4) is 0 Å². The fourth-order valence-corrected chi connectivity index (χ4v) is 5.56. The Hall–Kier alpha value is -2.08. The first-order valence-corrected chi connectivity index (χ1v) is 11.8. The molecule has 3 heterocycles. The van der Waals surface area contributed by atoms with Gasteiger partial charge in [0.25, 0.3) is 0 Å². The minimum absolute atomic E-state index is 0.0720. The fraction of sp³-hybridized carbons (Fsp3) is 0.333. The molecule has 2 aromatic heterocycles. The minimum Gasteiger partial charge on any atom is -0.459 e. The number of nitrogens with zero attached hydrogens (tertiary/aromatic N) is 2. The average molecular weight is 472 g/mol. The number of aromatic nitrogens is 1. The highest BCUT2D eigenvalue weighted by molar-refractivity contribution is 7.80. The van der Waals surface area contributed by atoms with Gasteiger partial charge in [-0.1, -0.05) is 54.6 Å². The van der Waals surface area contributed by atoms with E-state index >= 15 is 0 Å². The lowest BCUT2D eigenvalue weighted by Crippen LogP contribution is -2.40. The molecule has 31 heavy (non-hydrogen) atoms. The summed E-state index contributed by atoms with van der Waals surface area (Å²) in [5.74, 6) is 1.54. The van der Waals surface area contributed by atoms with Crippen molar-refractivity contribution in [3.8, 4) is 11.3 Å². The van der Waals surface area contributed by atoms with E-state index in [9.17, 15) is 0 Å². The summed E-state index contributed by atoms with van der Waals surface area (Å²) in [6.45, 7) is 0. The molecule has 5 rings (SSSR count). The number of pyridine rings is 1. The van der Waals surface area contributed by atoms with E-state index in [1.165, 1.54) is 19.3 Å². The Morgan fingerprint density at radius 2 is 1.84 bits per heavy atom. The maximum absolute atomic E-state index is 6.45. The number of thiocarbonyl (C=S) groups is 1. The van der Waals surface area contributed by atoms with E-state index in [-0.39, 0.29) is 12.1 Å². The molecule has 0 radical (unpaired) electrons. The summed E-state index contributed by atoms with van der Waals surface area (Å²) in [4.78, 5) is 6.96. The molecular formula is C24H23Cl2N3OS. The molecule has 1 N–H and O–H groups in total. The van der Waals surface area contributed by atoms with Crippen molar-refractivity contribution in [2.24, 2.45) is 0 Å². The van der Waals surface area contributed by atoms with Crippen LogP contribution in [0.15, 0.2) is 59.1 Å². The molecule has 2 atom stereocenters. The van der Waals surface area contributed by atoms with Crippen LogP contribution in [0.1, 0.15) is 55.6 Å². The molecule has 0 bridgehead atoms. The Labute approximate surface area is 197 Å². The first-order chi connectivity index (χ1) is 15.1. The maximum atomic E-state index is 6.45. The molecule has 1 aliphatic heterocycles. The van der Waals surface area contributed by atoms with E-state index in [0.29, 0.717) is 21.8 Å². The van der Waals surface area contributed by atoms with Crippen LogP contribution < -0.4 is 5.32 Å². The zero-order chi connectivity index (χ0) is 21.4. The highest BCUT2D eigenvalue weighted by Crippen LogP contribution is 2.44. The number of hydrogen-bond acceptors (Lipinski definition) is 3. The molecule has 1 aliphatic carbocycles. The number of furan rings is 1. The summed E-state index contributed by atoms with van der Waals surface area (Å²) in [5, 5.41) is 5.30. The Balaban J connectivity index is 1.56. The summed E-state index contributed by atoms with van der Waals surface area (Å²) < 4.78 is 6.40. The first-order valence-electron chi connectivity index (χ1n) is 10.7. The summed E-state index contributed by atoms with van der Waals surface area (Å²) in [5.41, 5.74) is 1.74. The summed E-state index contributed by atoms with van der Waals surface area (Å²) >= 11 is 18.5. The van der Waals surface area contributed by atoms with Gasteiger partial charge in [-0.15, -0.1) is 0 Å². The Morgan fingerprint density at radius 1 is 1.00 bits per heavy atom. The van der Waals surface area contributed by atoms with Crippen molar-refractivity contribution in [3.05, 3.63) is 76.2 Å². The SMILES string of the molecule is S=C1N[C@H](c2ccccn2)[C@@H](c2ccc(-c3cccc(Cl)c3Cl)o2)N1C1CCCCC1. The van der Waals surface area contributed by atoms with Crippen LogP contribution in [0.2, 0.25) is 10.0 Å². The standard InChI is InChI=1S/C24H23Cl2N3OS/c25-17-10-6-9-16(21(17)26)19-12-13-20(30-19)23-22(18-11-4-5-14-27-18)28-24(31)29(23)15-7-2-1-3-8-15/h4-6,9-15,22-23H,1-3,7-8H2,(H,28,31)/t22-,23-/m1/s1. The van der Waals surface area contributed by atoms with Crippen molar-refractivity contribution >= 4 is 40.5 Å². The number of hydrogen-bond donors (Lipinski definition) is 1. The van der Waals surface area contributed by atoms with Gasteiger partial charge in [-0.05, 0) is 61.5 Å². The lowest BCUT2D eigenvalue weighted by atomic mass is 9.92. The number of rotatable bonds is 4. The smallest absolute Gasteiger partial charge is 0.170 e. The Morgan fingerprint density at radius 3 is 2.61 bits per heavy atom. The van der Waals surface area contributed by atoms with Gasteiger partial charge >= 0.3 is 0 Å². The van der Waals surface area contributed by atoms with Crippen molar-refractivity contribution in [1.29, 1.82) is 0 Å². The number of benzene rings is 1. The second kappa shape index (κ2) is 8.81. The Bertz CT molecular complexity index is 1080. The van der Waals surface area contributed by atoms with Gasteiger partial charge in [-0.2, -0.15) is 0 Å². The lowest BCUT2D eigenvalue weighted by molar-refractivity contribution is 0.179. The van der Waals surface area contributed by atoms with E-state index in [2.05, 4.69) is 15.2 Å². The van der Waals surface area contributed by atoms with Gasteiger partial charge in [0.15, 0.2) is 5.11 Å². The first kappa shape index (κ1) is 20.8. The molecule has 1 saturated carbocycles. The second-order valence-corrected chi connectivity index (χ2v) is 9.30. The molecule has 0 unspecified atom stereocenters. The Kier molecular flexibility index (Phi) is 5.91. The van der Waals surface area contributed by atoms with Crippen LogP contribution in [0.4, 0.5) is 0 Å². The van der Waals surface area contributed by atoms with Gasteiger partial charge in [0.1, 0.15) is 17.6 Å². The molecule has 3 aromatic rings. The van der Waals surface area contributed by atoms with E-state index in [0.717, 1.165) is 35.0 Å². The lowest BCUT2D eigenvalue weighted by Gasteiger charge is -2.36. The predicted molar refractivity (Wildman–Crippen MR) is 128 cm³/mol. The molecule has 2 aliphatic rings. The summed E-state index contributed by atoms with van der Waals surface area (Å²) in [6.07, 6.45) is 7.84. The fourth-order valence-electron chi connectivity index (χ4n) is 4.77. The minimum atomic E-state index is -0.0792. The van der Waals surface area contributed by atoms with Gasteiger partial charge in [0.2, 0.25) is 0 Å². The van der Waals surface area contributed by atoms with E-state index in [4.69, 9.17) is 39.8 Å². The van der Waals surface area contributed by atoms with Crippen LogP contribution in [0.5, 0.6) is 0 Å². The molecule has 160 valence electrons. The number of nitrogens with one attached hydrogen (secondary N) is 1. The molecule has 0 amide bonds. The van der Waals surface area contributed by atoms with Gasteiger partial charge < -0.3 is 14.6 Å². The molecular weight excluding hydrogens is 449 g/mol. The quantitative estimate of drug-likeness (QED) is 0.416. The highest BCUT2D eigenvalue weighted by Gasteiger charge is 2.44. The molecule has 1 aromatic carbocycles. The average Bonchev–Trinajstić information content (AvgIpc) is 3.41. The highest BCUT2D eigenvalue weighted by atomic mass is 35.5. The van der Waals surface area contributed by atoms with Crippen molar-refractivity contribution in [2.45, 2.75) is 50.2 Å². The van der Waals surface area contributed by atoms with Gasteiger partial charge in [0.05, 0.1) is 21.8 Å². The molecule has 2 fully saturated rings. The normalized spacial score (nSPS) is 22.0. The second-order valence-electron chi connectivity index (χ2n) is 8.13. The summed E-state index contributed by atoms with van der Waals surface area (Å²) in [7, 11) is 0. The molecule has 7 heteroatoms. The molecule has 4 nitrogen and oxygen atoms in total. The number of halogens is 2. The third kappa shape index (κ3) is 3.95. The molecule has 1 saturated heterocycles. The van der Waals surface area contributed by atoms with Crippen molar-refractivity contribution < 1.29 is 4.42 Å². The van der Waals surface area contributed by atoms with Crippen LogP contribution in [0.25, 0.3) is 11.3 Å². The van der Waals surface area contributed by atoms with Gasteiger partial charge in [-0.3, -0.25) is 4.98 Å². The van der Waals surface area contributed by atoms with Crippen LogP contribution in [0, 0.1) is 0 Å². The van der Waals surface area contributed by atoms with Crippen LogP contribution in [-0.2, 0) is 0 Å². The van der Waals surface area contributed by atoms with Crippen LogP contribution in [-0.4, -0.2) is 21.0 Å². The van der Waals surface area contributed by atoms with Crippen molar-refractivity contribution in [2.75, 3.05) is 0 Å². The topological polar surface area (TPSA) is 41.3 Å². The third-order valence-electron chi connectivity index (χ3n) is 6.24. The van der Waals surface area contributed by atoms with Gasteiger partial charge in [-0.25, -0.2) is 0 Å². The largest absolute Gasteiger partial charge is 0.459 e. The van der Waals surface area contributed by atoms with Gasteiger partial charge in [0, 0.05) is 17.8 Å². The summed E-state index contributed by atoms with van der Waals surface area (Å²) in [6, 6.07) is 15.8. The van der Waals surface area contributed by atoms with Crippen molar-refractivity contribution in [1.82, 2.24) is 15.2 Å². The van der Waals surface area contributed by atoms with E-state index in [1.807, 2.05) is 48.7 Å². The van der Waals surface area contributed by atoms with E-state index in [1.54, 1.807) is 6.07 Å². The van der Waals surface area contributed by atoms with Crippen LogP contribution >= 0.6 is 35.4 Å². The van der Waals surface area contributed by atoms with Crippen molar-refractivity contribution in [3.63, 3.8) is 0 Å². The third-order valence-corrected chi connectivity index (χ3v) is 7.39. The monoisotopic (exact) mass is 471 g/mol. The maximum Gasteiger partial charge on any atom is 0.170 e. The predicted octanol–water partition coefficient (Wildman–Crippen LogP) is 6.95. The zero-order valence-corrected chi connectivity index (χ0v) is 19.3. The van der Waals surface area contributed by atoms with E-state index < -0.39 is 0 Å². The zero-order valence-electron chi connectivity index (χ0n) is 16.9.